The molecule has 2 N–H and O–H groups in total. The van der Waals surface area contributed by atoms with Gasteiger partial charge in [0.2, 0.25) is 0 Å². The standard InChI is InChI=1S/C16H27N9.HI/c1-10(2)15-20-13-7-6-12(9-25(13)23-15)19-16(17-4)18-8-14-22-21-11(3)24(14)5;/h10,12H,6-9H2,1-5H3,(H2,17,18,19);1H. The number of rotatable bonds is 4. The highest BCUT2D eigenvalue weighted by atomic mass is 127. The zero-order chi connectivity index (χ0) is 18.0. The van der Waals surface area contributed by atoms with Gasteiger partial charge in [-0.3, -0.25) is 4.99 Å². The van der Waals surface area contributed by atoms with Crippen molar-refractivity contribution in [2.75, 3.05) is 7.05 Å². The maximum atomic E-state index is 4.63. The average molecular weight is 473 g/mol. The van der Waals surface area contributed by atoms with Crippen LogP contribution in [0.25, 0.3) is 0 Å². The van der Waals surface area contributed by atoms with Gasteiger partial charge in [-0.25, -0.2) is 9.67 Å². The molecule has 26 heavy (non-hydrogen) atoms. The summed E-state index contributed by atoms with van der Waals surface area (Å²) in [5.41, 5.74) is 0. The normalized spacial score (nSPS) is 17.0. The zero-order valence-corrected chi connectivity index (χ0v) is 18.4. The van der Waals surface area contributed by atoms with Crippen molar-refractivity contribution >= 4 is 29.9 Å². The highest BCUT2D eigenvalue weighted by molar-refractivity contribution is 14.0. The number of guanidine groups is 1. The van der Waals surface area contributed by atoms with E-state index in [2.05, 4.69) is 49.8 Å². The van der Waals surface area contributed by atoms with Gasteiger partial charge in [-0.15, -0.1) is 34.2 Å². The number of nitrogens with one attached hydrogen (secondary N) is 2. The third-order valence-corrected chi connectivity index (χ3v) is 4.55. The maximum Gasteiger partial charge on any atom is 0.191 e. The molecule has 0 saturated heterocycles. The first kappa shape index (κ1) is 20.6. The monoisotopic (exact) mass is 473 g/mol. The Morgan fingerprint density at radius 3 is 2.73 bits per heavy atom. The summed E-state index contributed by atoms with van der Waals surface area (Å²) in [6.07, 6.45) is 1.94. The molecule has 9 nitrogen and oxygen atoms in total. The molecule has 1 aliphatic heterocycles. The fourth-order valence-electron chi connectivity index (χ4n) is 2.85. The van der Waals surface area contributed by atoms with Crippen LogP contribution in [0.3, 0.4) is 0 Å². The van der Waals surface area contributed by atoms with Crippen LogP contribution >= 0.6 is 24.0 Å². The van der Waals surface area contributed by atoms with Gasteiger partial charge in [0.05, 0.1) is 13.1 Å². The van der Waals surface area contributed by atoms with E-state index in [1.807, 2.05) is 23.2 Å². The van der Waals surface area contributed by atoms with E-state index in [1.165, 1.54) is 0 Å². The van der Waals surface area contributed by atoms with E-state index < -0.39 is 0 Å². The molecule has 0 amide bonds. The number of aliphatic imine (C=N–C) groups is 1. The van der Waals surface area contributed by atoms with Gasteiger partial charge in [0.25, 0.3) is 0 Å². The molecule has 0 radical (unpaired) electrons. The number of hydrogen-bond acceptors (Lipinski definition) is 5. The summed E-state index contributed by atoms with van der Waals surface area (Å²) in [4.78, 5) is 8.95. The molecule has 1 unspecified atom stereocenters. The number of halogens is 1. The second-order valence-electron chi connectivity index (χ2n) is 6.75. The van der Waals surface area contributed by atoms with Crippen LogP contribution in [-0.4, -0.2) is 48.6 Å². The lowest BCUT2D eigenvalue weighted by Crippen LogP contribution is -2.47. The first-order valence-corrected chi connectivity index (χ1v) is 8.73. The summed E-state index contributed by atoms with van der Waals surface area (Å²) < 4.78 is 3.99. The van der Waals surface area contributed by atoms with Crippen LogP contribution < -0.4 is 10.6 Å². The molecule has 10 heteroatoms. The van der Waals surface area contributed by atoms with E-state index in [-0.39, 0.29) is 30.0 Å². The van der Waals surface area contributed by atoms with Crippen molar-refractivity contribution in [3.8, 4) is 0 Å². The first-order chi connectivity index (χ1) is 12.0. The Hall–Kier alpha value is -1.72. The van der Waals surface area contributed by atoms with Gasteiger partial charge in [0, 0.05) is 32.5 Å². The molecule has 144 valence electrons. The number of aryl methyl sites for hydroxylation is 2. The molecule has 1 atom stereocenters. The van der Waals surface area contributed by atoms with Gasteiger partial charge in [-0.05, 0) is 13.3 Å². The predicted molar refractivity (Wildman–Crippen MR) is 111 cm³/mol. The van der Waals surface area contributed by atoms with E-state index in [9.17, 15) is 0 Å². The SMILES string of the molecule is CN=C(NCc1nnc(C)n1C)NC1CCc2nc(C(C)C)nn2C1.I. The number of aromatic nitrogens is 6. The predicted octanol–water partition coefficient (Wildman–Crippen LogP) is 1.14. The largest absolute Gasteiger partial charge is 0.352 e. The van der Waals surface area contributed by atoms with E-state index in [0.717, 1.165) is 48.6 Å². The maximum absolute atomic E-state index is 4.63. The zero-order valence-electron chi connectivity index (χ0n) is 16.0. The Morgan fingerprint density at radius 2 is 2.12 bits per heavy atom. The van der Waals surface area contributed by atoms with Gasteiger partial charge in [0.1, 0.15) is 11.6 Å². The Labute approximate surface area is 171 Å². The molecular weight excluding hydrogens is 445 g/mol. The smallest absolute Gasteiger partial charge is 0.191 e. The summed E-state index contributed by atoms with van der Waals surface area (Å²) in [6, 6.07) is 0.279. The fourth-order valence-corrected chi connectivity index (χ4v) is 2.85. The summed E-state index contributed by atoms with van der Waals surface area (Å²) in [5.74, 6) is 4.90. The van der Waals surface area contributed by atoms with Crippen molar-refractivity contribution in [2.24, 2.45) is 12.0 Å². The van der Waals surface area contributed by atoms with Crippen LogP contribution in [0.4, 0.5) is 0 Å². The summed E-state index contributed by atoms with van der Waals surface area (Å²) in [7, 11) is 3.74. The van der Waals surface area contributed by atoms with Crippen molar-refractivity contribution in [3.63, 3.8) is 0 Å². The van der Waals surface area contributed by atoms with E-state index in [1.54, 1.807) is 7.05 Å². The lowest BCUT2D eigenvalue weighted by Gasteiger charge is -2.25. The number of nitrogens with zero attached hydrogens (tertiary/aromatic N) is 7. The molecule has 2 aromatic heterocycles. The van der Waals surface area contributed by atoms with Gasteiger partial charge < -0.3 is 15.2 Å². The van der Waals surface area contributed by atoms with Crippen molar-refractivity contribution in [1.82, 2.24) is 40.2 Å². The average Bonchev–Trinajstić information content (AvgIpc) is 3.16. The Kier molecular flexibility index (Phi) is 6.95. The number of hydrogen-bond donors (Lipinski definition) is 2. The molecular formula is C16H28IN9. The van der Waals surface area contributed by atoms with Crippen LogP contribution in [-0.2, 0) is 26.6 Å². The molecule has 0 saturated carbocycles. The van der Waals surface area contributed by atoms with Gasteiger partial charge in [-0.1, -0.05) is 13.8 Å². The van der Waals surface area contributed by atoms with Crippen molar-refractivity contribution in [2.45, 2.75) is 58.7 Å². The minimum Gasteiger partial charge on any atom is -0.352 e. The summed E-state index contributed by atoms with van der Waals surface area (Å²) in [6.45, 7) is 7.56. The Balaban J connectivity index is 0.00000243. The van der Waals surface area contributed by atoms with Crippen molar-refractivity contribution in [1.29, 1.82) is 0 Å². The van der Waals surface area contributed by atoms with E-state index in [0.29, 0.717) is 12.5 Å². The van der Waals surface area contributed by atoms with Crippen LogP contribution in [0.1, 0.15) is 49.5 Å². The molecule has 0 aliphatic carbocycles. The first-order valence-electron chi connectivity index (χ1n) is 8.73. The topological polar surface area (TPSA) is 97.8 Å². The highest BCUT2D eigenvalue weighted by Crippen LogP contribution is 2.16. The van der Waals surface area contributed by atoms with Crippen molar-refractivity contribution in [3.05, 3.63) is 23.3 Å². The molecule has 3 heterocycles. The fraction of sp³-hybridized carbons (Fsp3) is 0.688. The quantitative estimate of drug-likeness (QED) is 0.393. The molecule has 0 fully saturated rings. The summed E-state index contributed by atoms with van der Waals surface area (Å²) in [5, 5.41) is 19.6. The second-order valence-corrected chi connectivity index (χ2v) is 6.75. The number of fused-ring (bicyclic) bond motifs is 1. The van der Waals surface area contributed by atoms with Crippen LogP contribution in [0.5, 0.6) is 0 Å². The molecule has 2 aromatic rings. The molecule has 0 aromatic carbocycles. The summed E-state index contributed by atoms with van der Waals surface area (Å²) >= 11 is 0. The molecule has 1 aliphatic rings. The van der Waals surface area contributed by atoms with Crippen LogP contribution in [0.2, 0.25) is 0 Å². The molecule has 3 rings (SSSR count). The minimum absolute atomic E-state index is 0. The van der Waals surface area contributed by atoms with Gasteiger partial charge >= 0.3 is 0 Å². The third kappa shape index (κ3) is 4.51. The van der Waals surface area contributed by atoms with Crippen LogP contribution in [0, 0.1) is 6.92 Å². The Bertz CT molecular complexity index is 762. The molecule has 0 spiro atoms. The van der Waals surface area contributed by atoms with Gasteiger partial charge in [-0.2, -0.15) is 5.10 Å². The third-order valence-electron chi connectivity index (χ3n) is 4.55. The highest BCUT2D eigenvalue weighted by Gasteiger charge is 2.23. The second kappa shape index (κ2) is 8.78. The van der Waals surface area contributed by atoms with E-state index in [4.69, 9.17) is 0 Å². The molecule has 0 bridgehead atoms. The van der Waals surface area contributed by atoms with E-state index >= 15 is 0 Å². The van der Waals surface area contributed by atoms with Crippen molar-refractivity contribution < 1.29 is 0 Å². The van der Waals surface area contributed by atoms with Crippen LogP contribution in [0.15, 0.2) is 4.99 Å². The minimum atomic E-state index is 0. The van der Waals surface area contributed by atoms with Gasteiger partial charge in [0.15, 0.2) is 17.6 Å². The lowest BCUT2D eigenvalue weighted by molar-refractivity contribution is 0.391. The Morgan fingerprint density at radius 1 is 1.35 bits per heavy atom. The lowest BCUT2D eigenvalue weighted by atomic mass is 10.1.